The summed E-state index contributed by atoms with van der Waals surface area (Å²) < 4.78 is 27.7. The van der Waals surface area contributed by atoms with Crippen LogP contribution in [0.3, 0.4) is 0 Å². The maximum absolute atomic E-state index is 12.7. The third-order valence-corrected chi connectivity index (χ3v) is 6.25. The maximum Gasteiger partial charge on any atom is 0.266 e. The number of rotatable bonds is 7. The number of benzene rings is 2. The van der Waals surface area contributed by atoms with Gasteiger partial charge in [0.15, 0.2) is 0 Å². The van der Waals surface area contributed by atoms with E-state index in [-0.39, 0.29) is 16.4 Å². The minimum Gasteiger partial charge on any atom is -0.321 e. The van der Waals surface area contributed by atoms with Crippen LogP contribution in [0.4, 0.5) is 11.6 Å². The number of nitrogens with one attached hydrogen (secondary N) is 2. The second-order valence-electron chi connectivity index (χ2n) is 8.05. The second kappa shape index (κ2) is 10.3. The molecule has 3 aromatic rings. The van der Waals surface area contributed by atoms with Crippen molar-refractivity contribution in [3.63, 3.8) is 0 Å². The summed E-state index contributed by atoms with van der Waals surface area (Å²) in [7, 11) is -3.91. The van der Waals surface area contributed by atoms with Crippen molar-refractivity contribution in [2.45, 2.75) is 38.5 Å². The van der Waals surface area contributed by atoms with Gasteiger partial charge in [-0.05, 0) is 67.3 Å². The van der Waals surface area contributed by atoms with E-state index in [0.717, 1.165) is 11.1 Å². The predicted molar refractivity (Wildman–Crippen MR) is 132 cm³/mol. The van der Waals surface area contributed by atoms with Crippen molar-refractivity contribution in [1.82, 2.24) is 9.97 Å². The van der Waals surface area contributed by atoms with E-state index in [9.17, 15) is 18.5 Å². The summed E-state index contributed by atoms with van der Waals surface area (Å²) in [6, 6.07) is 16.9. The van der Waals surface area contributed by atoms with Crippen molar-refractivity contribution < 1.29 is 13.2 Å². The molecule has 0 fully saturated rings. The van der Waals surface area contributed by atoms with E-state index < -0.39 is 15.9 Å². The lowest BCUT2D eigenvalue weighted by Gasteiger charge is -2.09. The van der Waals surface area contributed by atoms with Crippen LogP contribution in [-0.4, -0.2) is 24.3 Å². The van der Waals surface area contributed by atoms with Crippen LogP contribution >= 0.6 is 0 Å². The molecule has 0 saturated carbocycles. The van der Waals surface area contributed by atoms with E-state index in [1.165, 1.54) is 30.3 Å². The molecule has 1 amide bonds. The summed E-state index contributed by atoms with van der Waals surface area (Å²) in [6.45, 7) is 7.66. The van der Waals surface area contributed by atoms with Crippen molar-refractivity contribution in [2.24, 2.45) is 0 Å². The van der Waals surface area contributed by atoms with Gasteiger partial charge in [-0.2, -0.15) is 5.26 Å². The van der Waals surface area contributed by atoms with Gasteiger partial charge in [0.1, 0.15) is 11.6 Å². The first kappa shape index (κ1) is 24.6. The van der Waals surface area contributed by atoms with Crippen LogP contribution in [-0.2, 0) is 14.8 Å². The topological polar surface area (TPSA) is 125 Å². The Labute approximate surface area is 199 Å². The number of carbonyl (C=O) groups is 1. The number of nitrogens with zero attached hydrogens (tertiary/aromatic N) is 3. The van der Waals surface area contributed by atoms with E-state index in [1.807, 2.05) is 30.3 Å². The van der Waals surface area contributed by atoms with Gasteiger partial charge in [-0.3, -0.25) is 4.79 Å². The lowest BCUT2D eigenvalue weighted by molar-refractivity contribution is -0.112. The molecule has 9 heteroatoms. The molecule has 3 rings (SSSR count). The first-order valence-corrected chi connectivity index (χ1v) is 12.0. The highest BCUT2D eigenvalue weighted by atomic mass is 32.2. The van der Waals surface area contributed by atoms with Crippen molar-refractivity contribution in [3.05, 3.63) is 82.7 Å². The van der Waals surface area contributed by atoms with Gasteiger partial charge in [0.05, 0.1) is 4.90 Å². The fourth-order valence-corrected chi connectivity index (χ4v) is 4.10. The monoisotopic (exact) mass is 475 g/mol. The number of aryl methyl sites for hydroxylation is 2. The molecule has 0 aliphatic rings. The molecular weight excluding hydrogens is 450 g/mol. The Bertz CT molecular complexity index is 1350. The number of hydrogen-bond donors (Lipinski definition) is 2. The molecule has 0 bridgehead atoms. The number of sulfonamides is 1. The highest BCUT2D eigenvalue weighted by Crippen LogP contribution is 2.19. The lowest BCUT2D eigenvalue weighted by atomic mass is 10.0. The molecule has 34 heavy (non-hydrogen) atoms. The first-order chi connectivity index (χ1) is 16.1. The molecule has 2 N–H and O–H groups in total. The second-order valence-corrected chi connectivity index (χ2v) is 9.73. The quantitative estimate of drug-likeness (QED) is 0.381. The Kier molecular flexibility index (Phi) is 7.44. The average Bonchev–Trinajstić information content (AvgIpc) is 2.77. The maximum atomic E-state index is 12.7. The van der Waals surface area contributed by atoms with Crippen molar-refractivity contribution >= 4 is 33.6 Å². The molecule has 0 atom stereocenters. The average molecular weight is 476 g/mol. The normalized spacial score (nSPS) is 11.7. The summed E-state index contributed by atoms with van der Waals surface area (Å²) in [5.74, 6) is -0.222. The molecule has 174 valence electrons. The van der Waals surface area contributed by atoms with Crippen molar-refractivity contribution in [1.29, 1.82) is 5.26 Å². The number of hydrogen-bond acceptors (Lipinski definition) is 6. The van der Waals surface area contributed by atoms with Crippen molar-refractivity contribution in [3.8, 4) is 6.07 Å². The third kappa shape index (κ3) is 6.27. The summed E-state index contributed by atoms with van der Waals surface area (Å²) in [6.07, 6.45) is 1.51. The van der Waals surface area contributed by atoms with E-state index in [4.69, 9.17) is 0 Å². The molecule has 1 aromatic heterocycles. The van der Waals surface area contributed by atoms with Crippen LogP contribution in [0.25, 0.3) is 6.08 Å². The molecule has 0 aliphatic carbocycles. The van der Waals surface area contributed by atoms with Gasteiger partial charge in [0, 0.05) is 17.1 Å². The highest BCUT2D eigenvalue weighted by molar-refractivity contribution is 7.92. The lowest BCUT2D eigenvalue weighted by Crippen LogP contribution is -2.16. The van der Waals surface area contributed by atoms with Gasteiger partial charge < -0.3 is 5.32 Å². The SMILES string of the molecule is Cc1cc(C)nc(NS(=O)(=O)c2ccc(NC(=O)C(C#N)=Cc3ccc(C(C)C)cc3)cc2)n1. The van der Waals surface area contributed by atoms with Crippen LogP contribution < -0.4 is 10.0 Å². The molecule has 0 radical (unpaired) electrons. The van der Waals surface area contributed by atoms with E-state index in [0.29, 0.717) is 23.0 Å². The van der Waals surface area contributed by atoms with Crippen LogP contribution in [0.2, 0.25) is 0 Å². The predicted octanol–water partition coefficient (Wildman–Crippen LogP) is 4.56. The fourth-order valence-electron chi connectivity index (χ4n) is 3.16. The Morgan fingerprint density at radius 3 is 2.12 bits per heavy atom. The molecular formula is C25H25N5O3S. The van der Waals surface area contributed by atoms with E-state index >= 15 is 0 Å². The van der Waals surface area contributed by atoms with Gasteiger partial charge >= 0.3 is 0 Å². The largest absolute Gasteiger partial charge is 0.321 e. The smallest absolute Gasteiger partial charge is 0.266 e. The summed E-state index contributed by atoms with van der Waals surface area (Å²) in [5, 5.41) is 12.0. The first-order valence-electron chi connectivity index (χ1n) is 10.6. The standard InChI is InChI=1S/C25H25N5O3S/c1-16(2)20-7-5-19(6-8-20)14-21(15-26)24(31)29-22-9-11-23(12-10-22)34(32,33)30-25-27-17(3)13-18(4)28-25/h5-14,16H,1-4H3,(H,29,31)(H,27,28,30). The number of amides is 1. The summed E-state index contributed by atoms with van der Waals surface area (Å²) >= 11 is 0. The zero-order valence-electron chi connectivity index (χ0n) is 19.3. The van der Waals surface area contributed by atoms with Crippen LogP contribution in [0.5, 0.6) is 0 Å². The minimum atomic E-state index is -3.91. The molecule has 0 spiro atoms. The molecule has 0 unspecified atom stereocenters. The zero-order chi connectivity index (χ0) is 24.9. The Balaban J connectivity index is 1.72. The fraction of sp³-hybridized carbons (Fsp3) is 0.200. The van der Waals surface area contributed by atoms with Gasteiger partial charge in [-0.25, -0.2) is 23.1 Å². The molecule has 0 saturated heterocycles. The minimum absolute atomic E-state index is 0.0138. The Morgan fingerprint density at radius 2 is 1.59 bits per heavy atom. The van der Waals surface area contributed by atoms with Crippen molar-refractivity contribution in [2.75, 3.05) is 10.0 Å². The Morgan fingerprint density at radius 1 is 1.00 bits per heavy atom. The summed E-state index contributed by atoms with van der Waals surface area (Å²) in [4.78, 5) is 20.7. The molecule has 0 aliphatic heterocycles. The van der Waals surface area contributed by atoms with Crippen LogP contribution in [0, 0.1) is 25.2 Å². The van der Waals surface area contributed by atoms with E-state index in [1.54, 1.807) is 19.9 Å². The van der Waals surface area contributed by atoms with Gasteiger partial charge in [-0.15, -0.1) is 0 Å². The van der Waals surface area contributed by atoms with E-state index in [2.05, 4.69) is 33.9 Å². The van der Waals surface area contributed by atoms with Crippen LogP contribution in [0.1, 0.15) is 42.3 Å². The summed E-state index contributed by atoms with van der Waals surface area (Å²) in [5.41, 5.74) is 3.46. The molecule has 2 aromatic carbocycles. The number of carbonyl (C=O) groups excluding carboxylic acids is 1. The Hall–Kier alpha value is -4.03. The third-order valence-electron chi connectivity index (χ3n) is 4.91. The zero-order valence-corrected chi connectivity index (χ0v) is 20.1. The number of aromatic nitrogens is 2. The number of anilines is 2. The molecule has 1 heterocycles. The van der Waals surface area contributed by atoms with Crippen LogP contribution in [0.15, 0.2) is 65.1 Å². The highest BCUT2D eigenvalue weighted by Gasteiger charge is 2.17. The molecule has 8 nitrogen and oxygen atoms in total. The van der Waals surface area contributed by atoms with Gasteiger partial charge in [0.25, 0.3) is 15.9 Å². The van der Waals surface area contributed by atoms with Gasteiger partial charge in [-0.1, -0.05) is 38.1 Å². The van der Waals surface area contributed by atoms with Gasteiger partial charge in [0.2, 0.25) is 5.95 Å². The number of nitriles is 1.